The van der Waals surface area contributed by atoms with Crippen LogP contribution in [-0.2, 0) is 4.79 Å². The SMILES string of the molecule is CC(C)(C)C(=O)Nc1cccc(C(=O)Nc2ccc3ccccc3n2)c1. The van der Waals surface area contributed by atoms with Gasteiger partial charge in [0.15, 0.2) is 0 Å². The van der Waals surface area contributed by atoms with Crippen molar-refractivity contribution in [1.29, 1.82) is 0 Å². The predicted molar refractivity (Wildman–Crippen MR) is 104 cm³/mol. The zero-order valence-corrected chi connectivity index (χ0v) is 15.0. The molecule has 0 unspecified atom stereocenters. The summed E-state index contributed by atoms with van der Waals surface area (Å²) < 4.78 is 0. The molecule has 5 heteroatoms. The van der Waals surface area contributed by atoms with E-state index in [-0.39, 0.29) is 11.8 Å². The van der Waals surface area contributed by atoms with E-state index in [1.807, 2.05) is 51.1 Å². The van der Waals surface area contributed by atoms with Crippen molar-refractivity contribution in [2.75, 3.05) is 10.6 Å². The number of nitrogens with zero attached hydrogens (tertiary/aromatic N) is 1. The van der Waals surface area contributed by atoms with Gasteiger partial charge in [-0.05, 0) is 36.4 Å². The van der Waals surface area contributed by atoms with Crippen molar-refractivity contribution in [3.05, 3.63) is 66.2 Å². The van der Waals surface area contributed by atoms with Crippen LogP contribution < -0.4 is 10.6 Å². The number of aromatic nitrogens is 1. The first kappa shape index (κ1) is 17.6. The summed E-state index contributed by atoms with van der Waals surface area (Å²) in [6.45, 7) is 5.51. The van der Waals surface area contributed by atoms with Gasteiger partial charge in [0.25, 0.3) is 5.91 Å². The van der Waals surface area contributed by atoms with Gasteiger partial charge < -0.3 is 10.6 Å². The molecule has 0 saturated carbocycles. The molecule has 0 radical (unpaired) electrons. The number of hydrogen-bond acceptors (Lipinski definition) is 3. The summed E-state index contributed by atoms with van der Waals surface area (Å²) in [5.74, 6) is 0.101. The molecule has 5 nitrogen and oxygen atoms in total. The summed E-state index contributed by atoms with van der Waals surface area (Å²) in [5.41, 5.74) is 1.35. The Balaban J connectivity index is 1.77. The van der Waals surface area contributed by atoms with Crippen molar-refractivity contribution < 1.29 is 9.59 Å². The van der Waals surface area contributed by atoms with E-state index in [1.54, 1.807) is 30.3 Å². The molecule has 2 amide bonds. The monoisotopic (exact) mass is 347 g/mol. The van der Waals surface area contributed by atoms with E-state index in [0.717, 1.165) is 10.9 Å². The third kappa shape index (κ3) is 4.06. The van der Waals surface area contributed by atoms with Gasteiger partial charge in [-0.15, -0.1) is 0 Å². The van der Waals surface area contributed by atoms with E-state index < -0.39 is 5.41 Å². The lowest BCUT2D eigenvalue weighted by Gasteiger charge is -2.18. The Bertz CT molecular complexity index is 974. The lowest BCUT2D eigenvalue weighted by atomic mass is 9.95. The molecule has 0 aliphatic carbocycles. The second kappa shape index (κ2) is 6.96. The number of carbonyl (C=O) groups excluding carboxylic acids is 2. The molecule has 3 aromatic rings. The molecule has 1 heterocycles. The molecule has 0 aliphatic heterocycles. The van der Waals surface area contributed by atoms with Crippen LogP contribution in [0.1, 0.15) is 31.1 Å². The average molecular weight is 347 g/mol. The van der Waals surface area contributed by atoms with Crippen LogP contribution in [0.2, 0.25) is 0 Å². The van der Waals surface area contributed by atoms with Gasteiger partial charge in [0.05, 0.1) is 5.52 Å². The highest BCUT2D eigenvalue weighted by molar-refractivity contribution is 6.05. The van der Waals surface area contributed by atoms with Crippen molar-refractivity contribution in [2.45, 2.75) is 20.8 Å². The molecule has 1 aromatic heterocycles. The lowest BCUT2D eigenvalue weighted by molar-refractivity contribution is -0.123. The number of amides is 2. The maximum Gasteiger partial charge on any atom is 0.256 e. The zero-order chi connectivity index (χ0) is 18.7. The molecule has 2 aromatic carbocycles. The molecule has 3 rings (SSSR count). The first-order valence-corrected chi connectivity index (χ1v) is 8.41. The van der Waals surface area contributed by atoms with Gasteiger partial charge in [-0.25, -0.2) is 4.98 Å². The predicted octanol–water partition coefficient (Wildman–Crippen LogP) is 4.47. The standard InChI is InChI=1S/C21H21N3O2/c1-21(2,3)20(26)22-16-9-6-8-15(13-16)19(25)24-18-12-11-14-7-4-5-10-17(14)23-18/h4-13H,1-3H3,(H,22,26)(H,23,24,25). The van der Waals surface area contributed by atoms with E-state index in [2.05, 4.69) is 15.6 Å². The molecule has 0 bridgehead atoms. The number of benzene rings is 2. The average Bonchev–Trinajstić information content (AvgIpc) is 2.61. The molecule has 0 aliphatic rings. The number of hydrogen-bond donors (Lipinski definition) is 2. The van der Waals surface area contributed by atoms with Crippen LogP contribution in [0, 0.1) is 5.41 Å². The summed E-state index contributed by atoms with van der Waals surface area (Å²) in [6.07, 6.45) is 0. The van der Waals surface area contributed by atoms with Gasteiger partial charge in [-0.2, -0.15) is 0 Å². The Kier molecular flexibility index (Phi) is 4.71. The Labute approximate surface area is 152 Å². The molecule has 0 saturated heterocycles. The van der Waals surface area contributed by atoms with E-state index in [0.29, 0.717) is 17.1 Å². The third-order valence-electron chi connectivity index (χ3n) is 3.90. The maximum atomic E-state index is 12.5. The smallest absolute Gasteiger partial charge is 0.256 e. The quantitative estimate of drug-likeness (QED) is 0.734. The van der Waals surface area contributed by atoms with Crippen LogP contribution >= 0.6 is 0 Å². The van der Waals surface area contributed by atoms with Gasteiger partial charge in [-0.3, -0.25) is 9.59 Å². The Morgan fingerprint density at radius 2 is 1.65 bits per heavy atom. The minimum absolute atomic E-state index is 0.105. The lowest BCUT2D eigenvalue weighted by Crippen LogP contribution is -2.27. The first-order chi connectivity index (χ1) is 12.3. The van der Waals surface area contributed by atoms with Gasteiger partial charge >= 0.3 is 0 Å². The fourth-order valence-electron chi connectivity index (χ4n) is 2.38. The maximum absolute atomic E-state index is 12.5. The second-order valence-corrected chi connectivity index (χ2v) is 7.13. The van der Waals surface area contributed by atoms with Crippen molar-refractivity contribution in [3.63, 3.8) is 0 Å². The molecular weight excluding hydrogens is 326 g/mol. The van der Waals surface area contributed by atoms with Crippen LogP contribution in [0.4, 0.5) is 11.5 Å². The van der Waals surface area contributed by atoms with Gasteiger partial charge in [0, 0.05) is 22.1 Å². The Morgan fingerprint density at radius 1 is 0.885 bits per heavy atom. The van der Waals surface area contributed by atoms with Gasteiger partial charge in [-0.1, -0.05) is 45.0 Å². The number of carbonyl (C=O) groups is 2. The summed E-state index contributed by atoms with van der Waals surface area (Å²) in [7, 11) is 0. The molecular formula is C21H21N3O2. The summed E-state index contributed by atoms with van der Waals surface area (Å²) in [5, 5.41) is 6.64. The number of fused-ring (bicyclic) bond motifs is 1. The van der Waals surface area contributed by atoms with E-state index >= 15 is 0 Å². The topological polar surface area (TPSA) is 71.1 Å². The van der Waals surface area contributed by atoms with Crippen LogP contribution in [0.5, 0.6) is 0 Å². The molecule has 0 fully saturated rings. The molecule has 2 N–H and O–H groups in total. The minimum atomic E-state index is -0.507. The number of nitrogens with one attached hydrogen (secondary N) is 2. The molecule has 26 heavy (non-hydrogen) atoms. The van der Waals surface area contributed by atoms with E-state index in [4.69, 9.17) is 0 Å². The van der Waals surface area contributed by atoms with Crippen LogP contribution in [-0.4, -0.2) is 16.8 Å². The first-order valence-electron chi connectivity index (χ1n) is 8.41. The van der Waals surface area contributed by atoms with Crippen LogP contribution in [0.25, 0.3) is 10.9 Å². The molecule has 0 spiro atoms. The minimum Gasteiger partial charge on any atom is -0.326 e. The van der Waals surface area contributed by atoms with E-state index in [1.165, 1.54) is 0 Å². The number of para-hydroxylation sites is 1. The fraction of sp³-hybridized carbons (Fsp3) is 0.190. The van der Waals surface area contributed by atoms with Crippen molar-refractivity contribution >= 4 is 34.2 Å². The van der Waals surface area contributed by atoms with Crippen LogP contribution in [0.15, 0.2) is 60.7 Å². The largest absolute Gasteiger partial charge is 0.326 e. The second-order valence-electron chi connectivity index (χ2n) is 7.13. The fourth-order valence-corrected chi connectivity index (χ4v) is 2.38. The van der Waals surface area contributed by atoms with Crippen molar-refractivity contribution in [3.8, 4) is 0 Å². The molecule has 0 atom stereocenters. The van der Waals surface area contributed by atoms with Crippen molar-refractivity contribution in [2.24, 2.45) is 5.41 Å². The van der Waals surface area contributed by atoms with E-state index in [9.17, 15) is 9.59 Å². The zero-order valence-electron chi connectivity index (χ0n) is 15.0. The normalized spacial score (nSPS) is 11.2. The third-order valence-corrected chi connectivity index (χ3v) is 3.90. The summed E-state index contributed by atoms with van der Waals surface area (Å²) >= 11 is 0. The highest BCUT2D eigenvalue weighted by atomic mass is 16.2. The highest BCUT2D eigenvalue weighted by Crippen LogP contribution is 2.19. The highest BCUT2D eigenvalue weighted by Gasteiger charge is 2.21. The number of anilines is 2. The Morgan fingerprint density at radius 3 is 2.42 bits per heavy atom. The van der Waals surface area contributed by atoms with Gasteiger partial charge in [0.1, 0.15) is 5.82 Å². The van der Waals surface area contributed by atoms with Gasteiger partial charge in [0.2, 0.25) is 5.91 Å². The Hall–Kier alpha value is -3.21. The molecule has 132 valence electrons. The van der Waals surface area contributed by atoms with Crippen LogP contribution in [0.3, 0.4) is 0 Å². The summed E-state index contributed by atoms with van der Waals surface area (Å²) in [4.78, 5) is 29.1. The van der Waals surface area contributed by atoms with Crippen molar-refractivity contribution in [1.82, 2.24) is 4.98 Å². The number of rotatable bonds is 3. The number of pyridine rings is 1. The summed E-state index contributed by atoms with van der Waals surface area (Å²) in [6, 6.07) is 18.2.